The fourth-order valence-electron chi connectivity index (χ4n) is 1.68. The first kappa shape index (κ1) is 16.3. The Kier molecular flexibility index (Phi) is 4.36. The monoisotopic (exact) mass is 300 g/mol. The van der Waals surface area contributed by atoms with Gasteiger partial charge >= 0.3 is 12.4 Å². The third kappa shape index (κ3) is 3.43. The van der Waals surface area contributed by atoms with Gasteiger partial charge in [0.15, 0.2) is 5.78 Å². The first-order valence-electron chi connectivity index (χ1n) is 5.30. The highest BCUT2D eigenvalue weighted by molar-refractivity contribution is 6.00. The largest absolute Gasteiger partial charge is 0.497 e. The molecule has 0 heterocycles. The predicted octanol–water partition coefficient (Wildman–Crippen LogP) is 3.93. The van der Waals surface area contributed by atoms with Crippen LogP contribution in [0, 0.1) is 12.8 Å². The Morgan fingerprint density at radius 2 is 1.60 bits per heavy atom. The van der Waals surface area contributed by atoms with Crippen LogP contribution in [0.15, 0.2) is 18.2 Å². The summed E-state index contributed by atoms with van der Waals surface area (Å²) in [7, 11) is 1.28. The van der Waals surface area contributed by atoms with Crippen LogP contribution in [0.2, 0.25) is 0 Å². The van der Waals surface area contributed by atoms with E-state index in [1.165, 1.54) is 20.1 Å². The minimum Gasteiger partial charge on any atom is -0.497 e. The van der Waals surface area contributed by atoms with E-state index in [1.807, 2.05) is 0 Å². The number of hydrogen-bond acceptors (Lipinski definition) is 2. The molecule has 20 heavy (non-hydrogen) atoms. The summed E-state index contributed by atoms with van der Waals surface area (Å²) in [5.74, 6) is -5.82. The molecule has 0 saturated carbocycles. The summed E-state index contributed by atoms with van der Waals surface area (Å²) in [4.78, 5) is 11.6. The van der Waals surface area contributed by atoms with Crippen LogP contribution in [0.25, 0.3) is 0 Å². The molecule has 0 N–H and O–H groups in total. The van der Waals surface area contributed by atoms with Gasteiger partial charge < -0.3 is 4.74 Å². The average Bonchev–Trinajstić information content (AvgIpc) is 2.24. The summed E-state index contributed by atoms with van der Waals surface area (Å²) in [6.07, 6.45) is -11.4. The summed E-state index contributed by atoms with van der Waals surface area (Å²) >= 11 is 0. The van der Waals surface area contributed by atoms with Crippen molar-refractivity contribution >= 4 is 5.78 Å². The topological polar surface area (TPSA) is 26.3 Å². The maximum absolute atomic E-state index is 12.5. The van der Waals surface area contributed by atoms with Crippen LogP contribution in [0.5, 0.6) is 5.75 Å². The van der Waals surface area contributed by atoms with Crippen LogP contribution < -0.4 is 4.74 Å². The van der Waals surface area contributed by atoms with Crippen molar-refractivity contribution in [2.24, 2.45) is 5.92 Å². The van der Waals surface area contributed by atoms with Gasteiger partial charge in [0.25, 0.3) is 0 Å². The molecule has 0 unspecified atom stereocenters. The second-order valence-electron chi connectivity index (χ2n) is 4.06. The van der Waals surface area contributed by atoms with Crippen molar-refractivity contribution in [2.75, 3.05) is 7.11 Å². The third-order valence-corrected chi connectivity index (χ3v) is 2.62. The van der Waals surface area contributed by atoms with Crippen LogP contribution in [-0.2, 0) is 0 Å². The van der Waals surface area contributed by atoms with E-state index in [2.05, 4.69) is 0 Å². The van der Waals surface area contributed by atoms with Crippen molar-refractivity contribution in [1.29, 1.82) is 0 Å². The summed E-state index contributed by atoms with van der Waals surface area (Å²) in [5, 5.41) is 0. The molecule has 0 amide bonds. The van der Waals surface area contributed by atoms with E-state index in [1.54, 1.807) is 0 Å². The number of alkyl halides is 6. The maximum Gasteiger partial charge on any atom is 0.407 e. The number of Topliss-reactive ketones (excluding diaryl/α,β-unsaturated/α-hetero) is 1. The van der Waals surface area contributed by atoms with Crippen molar-refractivity contribution in [3.05, 3.63) is 29.3 Å². The zero-order chi connectivity index (χ0) is 15.7. The zero-order valence-electron chi connectivity index (χ0n) is 10.4. The number of carbonyl (C=O) groups is 1. The third-order valence-electron chi connectivity index (χ3n) is 2.62. The van der Waals surface area contributed by atoms with Gasteiger partial charge in [0.2, 0.25) is 5.92 Å². The Labute approximate surface area is 110 Å². The minimum atomic E-state index is -5.69. The van der Waals surface area contributed by atoms with Gasteiger partial charge in [-0.3, -0.25) is 4.79 Å². The quantitative estimate of drug-likeness (QED) is 0.624. The van der Waals surface area contributed by atoms with Gasteiger partial charge in [0, 0.05) is 5.56 Å². The molecule has 0 saturated heterocycles. The highest BCUT2D eigenvalue weighted by Gasteiger charge is 2.61. The normalized spacial score (nSPS) is 12.7. The Bertz CT molecular complexity index is 490. The van der Waals surface area contributed by atoms with Crippen molar-refractivity contribution in [1.82, 2.24) is 0 Å². The fourth-order valence-corrected chi connectivity index (χ4v) is 1.68. The zero-order valence-corrected chi connectivity index (χ0v) is 10.4. The second kappa shape index (κ2) is 5.34. The van der Waals surface area contributed by atoms with Gasteiger partial charge in [-0.1, -0.05) is 0 Å². The molecule has 2 nitrogen and oxygen atoms in total. The Balaban J connectivity index is 3.27. The van der Waals surface area contributed by atoms with Crippen molar-refractivity contribution < 1.29 is 35.9 Å². The molecule has 0 aliphatic carbocycles. The van der Waals surface area contributed by atoms with E-state index in [0.29, 0.717) is 0 Å². The fraction of sp³-hybridized carbons (Fsp3) is 0.417. The molecular weight excluding hydrogens is 290 g/mol. The van der Waals surface area contributed by atoms with E-state index in [-0.39, 0.29) is 11.3 Å². The summed E-state index contributed by atoms with van der Waals surface area (Å²) < 4.78 is 79.6. The SMILES string of the molecule is COc1ccc(C(=O)C(C(F)(F)F)C(F)(F)F)c(C)c1. The molecule has 0 aromatic heterocycles. The minimum absolute atomic E-state index is 0.0205. The number of ether oxygens (including phenoxy) is 1. The van der Waals surface area contributed by atoms with Crippen LogP contribution in [0.1, 0.15) is 15.9 Å². The van der Waals surface area contributed by atoms with Gasteiger partial charge in [-0.05, 0) is 30.7 Å². The lowest BCUT2D eigenvalue weighted by atomic mass is 9.93. The van der Waals surface area contributed by atoms with Crippen molar-refractivity contribution in [2.45, 2.75) is 19.3 Å². The summed E-state index contributed by atoms with van der Waals surface area (Å²) in [6.45, 7) is 1.24. The summed E-state index contributed by atoms with van der Waals surface area (Å²) in [5.41, 5.74) is -0.654. The van der Waals surface area contributed by atoms with Crippen LogP contribution >= 0.6 is 0 Å². The van der Waals surface area contributed by atoms with Crippen molar-refractivity contribution in [3.63, 3.8) is 0 Å². The Hall–Kier alpha value is -1.73. The molecule has 0 atom stereocenters. The maximum atomic E-state index is 12.5. The number of ketones is 1. The number of benzene rings is 1. The molecule has 0 radical (unpaired) electrons. The number of rotatable bonds is 3. The van der Waals surface area contributed by atoms with Crippen molar-refractivity contribution in [3.8, 4) is 5.75 Å². The van der Waals surface area contributed by atoms with Gasteiger partial charge in [-0.25, -0.2) is 0 Å². The highest BCUT2D eigenvalue weighted by Crippen LogP contribution is 2.41. The van der Waals surface area contributed by atoms with E-state index in [9.17, 15) is 31.1 Å². The second-order valence-corrected chi connectivity index (χ2v) is 4.06. The van der Waals surface area contributed by atoms with Crippen LogP contribution in [0.3, 0.4) is 0 Å². The number of carbonyl (C=O) groups excluding carboxylic acids is 1. The highest BCUT2D eigenvalue weighted by atomic mass is 19.4. The standard InChI is InChI=1S/C12H10F6O2/c1-6-5-7(20-2)3-4-8(6)9(19)10(11(13,14)15)12(16,17)18/h3-5,10H,1-2H3. The molecule has 112 valence electrons. The first-order valence-corrected chi connectivity index (χ1v) is 5.30. The van der Waals surface area contributed by atoms with Gasteiger partial charge in [-0.2, -0.15) is 26.3 Å². The lowest BCUT2D eigenvalue weighted by Crippen LogP contribution is -2.42. The van der Waals surface area contributed by atoms with Crippen LogP contribution in [-0.4, -0.2) is 25.2 Å². The molecule has 1 aromatic carbocycles. The van der Waals surface area contributed by atoms with E-state index in [4.69, 9.17) is 4.74 Å². The molecule has 8 heteroatoms. The molecule has 0 aliphatic heterocycles. The predicted molar refractivity (Wildman–Crippen MR) is 57.7 cm³/mol. The molecular formula is C12H10F6O2. The van der Waals surface area contributed by atoms with E-state index < -0.39 is 29.6 Å². The van der Waals surface area contributed by atoms with E-state index in [0.717, 1.165) is 12.1 Å². The Morgan fingerprint density at radius 3 is 1.95 bits per heavy atom. The van der Waals surface area contributed by atoms with Gasteiger partial charge in [0.1, 0.15) is 5.75 Å². The molecule has 0 bridgehead atoms. The number of aryl methyl sites for hydroxylation is 1. The molecule has 0 fully saturated rings. The lowest BCUT2D eigenvalue weighted by molar-refractivity contribution is -0.264. The molecule has 0 spiro atoms. The number of methoxy groups -OCH3 is 1. The number of hydrogen-bond donors (Lipinski definition) is 0. The summed E-state index contributed by atoms with van der Waals surface area (Å²) in [6, 6.07) is 3.21. The lowest BCUT2D eigenvalue weighted by Gasteiger charge is -2.22. The molecule has 1 aromatic rings. The number of halogens is 6. The smallest absolute Gasteiger partial charge is 0.407 e. The average molecular weight is 300 g/mol. The molecule has 0 aliphatic rings. The van der Waals surface area contributed by atoms with E-state index >= 15 is 0 Å². The molecule has 1 rings (SSSR count). The first-order chi connectivity index (χ1) is 8.98. The van der Waals surface area contributed by atoms with Gasteiger partial charge in [0.05, 0.1) is 7.11 Å². The Morgan fingerprint density at radius 1 is 1.10 bits per heavy atom. The van der Waals surface area contributed by atoms with Crippen LogP contribution in [0.4, 0.5) is 26.3 Å². The van der Waals surface area contributed by atoms with Gasteiger partial charge in [-0.15, -0.1) is 0 Å².